The van der Waals surface area contributed by atoms with E-state index in [1.807, 2.05) is 39.1 Å². The lowest BCUT2D eigenvalue weighted by Gasteiger charge is -2.12. The highest BCUT2D eigenvalue weighted by Gasteiger charge is 2.09. The Morgan fingerprint density at radius 1 is 1.26 bits per heavy atom. The van der Waals surface area contributed by atoms with E-state index in [0.717, 1.165) is 24.9 Å². The fourth-order valence-corrected chi connectivity index (χ4v) is 1.95. The third kappa shape index (κ3) is 8.57. The smallest absolute Gasteiger partial charge is 0.251 e. The second kappa shape index (κ2) is 11.9. The molecule has 5 nitrogen and oxygen atoms in total. The van der Waals surface area contributed by atoms with Gasteiger partial charge in [0.15, 0.2) is 0 Å². The van der Waals surface area contributed by atoms with Crippen LogP contribution < -0.4 is 16.0 Å². The molecule has 1 rings (SSSR count). The summed E-state index contributed by atoms with van der Waals surface area (Å²) in [5, 5.41) is 8.83. The van der Waals surface area contributed by atoms with Crippen molar-refractivity contribution in [1.29, 1.82) is 0 Å². The van der Waals surface area contributed by atoms with E-state index in [1.54, 1.807) is 6.07 Å². The van der Waals surface area contributed by atoms with Gasteiger partial charge in [0.25, 0.3) is 5.91 Å². The summed E-state index contributed by atoms with van der Waals surface area (Å²) in [7, 11) is 1.87. The maximum Gasteiger partial charge on any atom is 0.251 e. The van der Waals surface area contributed by atoms with Crippen molar-refractivity contribution in [2.75, 3.05) is 13.6 Å². The van der Waals surface area contributed by atoms with Gasteiger partial charge in [-0.1, -0.05) is 19.1 Å². The largest absolute Gasteiger partial charge is 0.352 e. The summed E-state index contributed by atoms with van der Waals surface area (Å²) in [6, 6.07) is 7.52. The molecule has 1 atom stereocenters. The predicted molar refractivity (Wildman–Crippen MR) is 95.9 cm³/mol. The SMILES string of the molecule is CCC(C)NC(=O)c1cccc(CNC(=O)CCCNC)c1.Cl. The van der Waals surface area contributed by atoms with Crippen LogP contribution in [0.5, 0.6) is 0 Å². The van der Waals surface area contributed by atoms with Crippen molar-refractivity contribution in [3.05, 3.63) is 35.4 Å². The minimum Gasteiger partial charge on any atom is -0.352 e. The number of rotatable bonds is 9. The standard InChI is InChI=1S/C17H27N3O2.ClH/c1-4-13(2)20-17(22)15-8-5-7-14(11-15)12-19-16(21)9-6-10-18-3;/h5,7-8,11,13,18H,4,6,9-10,12H2,1-3H3,(H,19,21)(H,20,22);1H. The fourth-order valence-electron chi connectivity index (χ4n) is 1.95. The van der Waals surface area contributed by atoms with Gasteiger partial charge in [0.1, 0.15) is 0 Å². The number of nitrogens with one attached hydrogen (secondary N) is 3. The minimum atomic E-state index is -0.0726. The van der Waals surface area contributed by atoms with E-state index in [-0.39, 0.29) is 30.3 Å². The Kier molecular flexibility index (Phi) is 11.1. The zero-order valence-corrected chi connectivity index (χ0v) is 15.0. The Balaban J connectivity index is 0.00000484. The van der Waals surface area contributed by atoms with Crippen LogP contribution in [0.1, 0.15) is 49.0 Å². The summed E-state index contributed by atoms with van der Waals surface area (Å²) in [5.74, 6) is -0.0405. The molecule has 0 heterocycles. The van der Waals surface area contributed by atoms with Gasteiger partial charge in [0.05, 0.1) is 0 Å². The lowest BCUT2D eigenvalue weighted by atomic mass is 10.1. The third-order valence-corrected chi connectivity index (χ3v) is 3.50. The first-order chi connectivity index (χ1) is 10.6. The quantitative estimate of drug-likeness (QED) is 0.603. The summed E-state index contributed by atoms with van der Waals surface area (Å²) in [6.07, 6.45) is 2.23. The molecule has 3 N–H and O–H groups in total. The third-order valence-electron chi connectivity index (χ3n) is 3.50. The molecule has 0 aliphatic rings. The van der Waals surface area contributed by atoms with Crippen LogP contribution in [0.4, 0.5) is 0 Å². The number of benzene rings is 1. The summed E-state index contributed by atoms with van der Waals surface area (Å²) in [5.41, 5.74) is 1.56. The molecule has 130 valence electrons. The normalized spacial score (nSPS) is 11.3. The molecule has 1 unspecified atom stereocenters. The Labute approximate surface area is 145 Å². The van der Waals surface area contributed by atoms with Crippen molar-refractivity contribution in [2.24, 2.45) is 0 Å². The summed E-state index contributed by atoms with van der Waals surface area (Å²) in [4.78, 5) is 23.7. The highest BCUT2D eigenvalue weighted by atomic mass is 35.5. The molecule has 0 bridgehead atoms. The minimum absolute atomic E-state index is 0. The molecule has 0 spiro atoms. The average molecular weight is 342 g/mol. The topological polar surface area (TPSA) is 70.2 Å². The second-order valence-corrected chi connectivity index (χ2v) is 5.47. The zero-order valence-electron chi connectivity index (χ0n) is 14.1. The number of carbonyl (C=O) groups is 2. The van der Waals surface area contributed by atoms with Gasteiger partial charge in [-0.05, 0) is 51.1 Å². The molecular formula is C17H28ClN3O2. The molecule has 0 aliphatic heterocycles. The molecule has 0 fully saturated rings. The second-order valence-electron chi connectivity index (χ2n) is 5.47. The van der Waals surface area contributed by atoms with Crippen molar-refractivity contribution in [3.63, 3.8) is 0 Å². The van der Waals surface area contributed by atoms with E-state index >= 15 is 0 Å². The van der Waals surface area contributed by atoms with Crippen LogP contribution in [0.25, 0.3) is 0 Å². The van der Waals surface area contributed by atoms with Gasteiger partial charge in [-0.2, -0.15) is 0 Å². The van der Waals surface area contributed by atoms with E-state index in [2.05, 4.69) is 16.0 Å². The average Bonchev–Trinajstić information content (AvgIpc) is 2.53. The molecule has 0 aromatic heterocycles. The molecule has 6 heteroatoms. The van der Waals surface area contributed by atoms with Crippen LogP contribution in [0.3, 0.4) is 0 Å². The maximum absolute atomic E-state index is 12.1. The predicted octanol–water partition coefficient (Wildman–Crippen LogP) is 2.25. The van der Waals surface area contributed by atoms with Crippen molar-refractivity contribution in [3.8, 4) is 0 Å². The molecule has 0 saturated heterocycles. The van der Waals surface area contributed by atoms with Crippen LogP contribution in [0.2, 0.25) is 0 Å². The number of carbonyl (C=O) groups excluding carboxylic acids is 2. The molecule has 0 radical (unpaired) electrons. The Hall–Kier alpha value is -1.59. The van der Waals surface area contributed by atoms with Crippen molar-refractivity contribution < 1.29 is 9.59 Å². The summed E-state index contributed by atoms with van der Waals surface area (Å²) in [6.45, 7) is 5.29. The number of hydrogen-bond donors (Lipinski definition) is 3. The molecular weight excluding hydrogens is 314 g/mol. The van der Waals surface area contributed by atoms with Gasteiger partial charge in [-0.3, -0.25) is 9.59 Å². The molecule has 0 aliphatic carbocycles. The highest BCUT2D eigenvalue weighted by molar-refractivity contribution is 5.94. The van der Waals surface area contributed by atoms with Gasteiger partial charge >= 0.3 is 0 Å². The first kappa shape index (κ1) is 21.4. The van der Waals surface area contributed by atoms with Crippen LogP contribution >= 0.6 is 12.4 Å². The van der Waals surface area contributed by atoms with Gasteiger partial charge in [-0.25, -0.2) is 0 Å². The Morgan fingerprint density at radius 3 is 2.65 bits per heavy atom. The van der Waals surface area contributed by atoms with E-state index < -0.39 is 0 Å². The van der Waals surface area contributed by atoms with E-state index in [4.69, 9.17) is 0 Å². The van der Waals surface area contributed by atoms with Gasteiger partial charge < -0.3 is 16.0 Å². The van der Waals surface area contributed by atoms with E-state index in [1.165, 1.54) is 0 Å². The van der Waals surface area contributed by atoms with Crippen LogP contribution in [-0.2, 0) is 11.3 Å². The Morgan fingerprint density at radius 2 is 2.00 bits per heavy atom. The van der Waals surface area contributed by atoms with Crippen LogP contribution in [0, 0.1) is 0 Å². The van der Waals surface area contributed by atoms with E-state index in [0.29, 0.717) is 18.5 Å². The highest BCUT2D eigenvalue weighted by Crippen LogP contribution is 2.06. The van der Waals surface area contributed by atoms with Crippen molar-refractivity contribution in [1.82, 2.24) is 16.0 Å². The first-order valence-electron chi connectivity index (χ1n) is 7.88. The van der Waals surface area contributed by atoms with E-state index in [9.17, 15) is 9.59 Å². The van der Waals surface area contributed by atoms with Crippen LogP contribution in [0.15, 0.2) is 24.3 Å². The number of hydrogen-bond acceptors (Lipinski definition) is 3. The fraction of sp³-hybridized carbons (Fsp3) is 0.529. The number of amides is 2. The first-order valence-corrected chi connectivity index (χ1v) is 7.88. The van der Waals surface area contributed by atoms with Crippen molar-refractivity contribution in [2.45, 2.75) is 45.7 Å². The zero-order chi connectivity index (χ0) is 16.4. The van der Waals surface area contributed by atoms with Gasteiger partial charge in [0, 0.05) is 24.6 Å². The molecule has 1 aromatic rings. The Bertz CT molecular complexity index is 494. The summed E-state index contributed by atoms with van der Waals surface area (Å²) < 4.78 is 0. The summed E-state index contributed by atoms with van der Waals surface area (Å²) >= 11 is 0. The molecule has 2 amide bonds. The lowest BCUT2D eigenvalue weighted by molar-refractivity contribution is -0.121. The number of halogens is 1. The van der Waals surface area contributed by atoms with Crippen LogP contribution in [-0.4, -0.2) is 31.4 Å². The molecule has 23 heavy (non-hydrogen) atoms. The van der Waals surface area contributed by atoms with Gasteiger partial charge in [-0.15, -0.1) is 12.4 Å². The molecule has 1 aromatic carbocycles. The lowest BCUT2D eigenvalue weighted by Crippen LogP contribution is -2.32. The van der Waals surface area contributed by atoms with Crippen molar-refractivity contribution >= 4 is 24.2 Å². The molecule has 0 saturated carbocycles. The monoisotopic (exact) mass is 341 g/mol. The van der Waals surface area contributed by atoms with Gasteiger partial charge in [0.2, 0.25) is 5.91 Å². The maximum atomic E-state index is 12.1.